The van der Waals surface area contributed by atoms with E-state index in [0.717, 1.165) is 12.8 Å². The number of hydrogen-bond acceptors (Lipinski definition) is 14. The Morgan fingerprint density at radius 2 is 1.75 bits per heavy atom. The van der Waals surface area contributed by atoms with E-state index in [2.05, 4.69) is 25.3 Å². The maximum Gasteiger partial charge on any atom is 0.328 e. The van der Waals surface area contributed by atoms with Crippen LogP contribution in [0.5, 0.6) is 23.3 Å². The minimum Gasteiger partial charge on any atom is -0.493 e. The number of imidazole rings is 1. The molecule has 3 aromatic heterocycles. The fraction of sp³-hybridized carbons (Fsp3) is 0.441. The summed E-state index contributed by atoms with van der Waals surface area (Å²) in [5, 5.41) is 8.30. The molecule has 4 heterocycles. The van der Waals surface area contributed by atoms with Gasteiger partial charge in [0.1, 0.15) is 17.8 Å². The predicted molar refractivity (Wildman–Crippen MR) is 188 cm³/mol. The van der Waals surface area contributed by atoms with Gasteiger partial charge in [-0.15, -0.1) is 5.10 Å². The second-order valence-electron chi connectivity index (χ2n) is 11.5. The molecule has 0 saturated heterocycles. The number of nitrogen functional groups attached to an aromatic ring is 1. The number of nitrogens with two attached hydrogens (primary N) is 1. The van der Waals surface area contributed by atoms with E-state index in [-0.39, 0.29) is 37.5 Å². The number of methoxy groups -OCH3 is 2. The first-order chi connectivity index (χ1) is 25.3. The van der Waals surface area contributed by atoms with E-state index in [4.69, 9.17) is 34.2 Å². The Morgan fingerprint density at radius 1 is 1.00 bits per heavy atom. The van der Waals surface area contributed by atoms with Gasteiger partial charge in [0.2, 0.25) is 5.75 Å². The van der Waals surface area contributed by atoms with Gasteiger partial charge in [0.15, 0.2) is 23.0 Å². The van der Waals surface area contributed by atoms with Crippen molar-refractivity contribution in [3.8, 4) is 23.3 Å². The molecule has 1 aromatic carbocycles. The van der Waals surface area contributed by atoms with Crippen molar-refractivity contribution >= 4 is 34.9 Å². The Hall–Kier alpha value is -5.75. The van der Waals surface area contributed by atoms with E-state index in [1.54, 1.807) is 35.2 Å². The average molecular weight is 722 g/mol. The number of nitrogens with zero attached hydrogens (tertiary/aromatic N) is 7. The highest BCUT2D eigenvalue weighted by Crippen LogP contribution is 2.39. The summed E-state index contributed by atoms with van der Waals surface area (Å²) in [6.07, 6.45) is 10.2. The first-order valence-corrected chi connectivity index (χ1v) is 16.8. The molecular weight excluding hydrogens is 678 g/mol. The number of unbranched alkanes of at least 4 members (excludes halogenated alkanes) is 1. The molecule has 18 heteroatoms. The Morgan fingerprint density at radius 3 is 2.48 bits per heavy atom. The molecule has 0 bridgehead atoms. The molecule has 0 spiro atoms. The fourth-order valence-corrected chi connectivity index (χ4v) is 5.12. The molecule has 0 unspecified atom stereocenters. The molecule has 18 nitrogen and oxygen atoms in total. The van der Waals surface area contributed by atoms with Gasteiger partial charge in [-0.1, -0.05) is 24.6 Å². The normalized spacial score (nSPS) is 13.0. The van der Waals surface area contributed by atoms with Crippen LogP contribution in [0.3, 0.4) is 0 Å². The number of carbonyl (C=O) groups is 2. The van der Waals surface area contributed by atoms with E-state index < -0.39 is 11.6 Å². The lowest BCUT2D eigenvalue weighted by Crippen LogP contribution is -2.37. The molecule has 1 aliphatic heterocycles. The first kappa shape index (κ1) is 37.5. The molecule has 0 aliphatic carbocycles. The number of fused-ring (bicyclic) bond motifs is 1. The molecule has 1 aliphatic rings. The lowest BCUT2D eigenvalue weighted by atomic mass is 10.1. The predicted octanol–water partition coefficient (Wildman–Crippen LogP) is 1.98. The van der Waals surface area contributed by atoms with Crippen LogP contribution >= 0.6 is 0 Å². The molecule has 5 rings (SSSR count). The second-order valence-corrected chi connectivity index (χ2v) is 11.5. The minimum atomic E-state index is -0.400. The molecule has 278 valence electrons. The number of imide groups is 1. The zero-order valence-electron chi connectivity index (χ0n) is 29.4. The number of ether oxygens (including phenoxy) is 6. The summed E-state index contributed by atoms with van der Waals surface area (Å²) in [5.74, 6) is 0.615. The van der Waals surface area contributed by atoms with E-state index in [1.165, 1.54) is 35.8 Å². The van der Waals surface area contributed by atoms with Gasteiger partial charge in [0.05, 0.1) is 66.5 Å². The van der Waals surface area contributed by atoms with Crippen LogP contribution < -0.4 is 30.4 Å². The third-order valence-corrected chi connectivity index (χ3v) is 7.79. The quantitative estimate of drug-likeness (QED) is 0.0987. The van der Waals surface area contributed by atoms with E-state index in [0.29, 0.717) is 85.6 Å². The number of hydrogen-bond donors (Lipinski definition) is 2. The highest BCUT2D eigenvalue weighted by molar-refractivity contribution is 6.07. The number of aromatic nitrogens is 7. The highest BCUT2D eigenvalue weighted by Gasteiger charge is 2.20. The number of H-pyrrole nitrogens is 1. The summed E-state index contributed by atoms with van der Waals surface area (Å²) in [4.78, 5) is 49.5. The van der Waals surface area contributed by atoms with E-state index in [9.17, 15) is 14.4 Å². The number of benzene rings is 1. The third kappa shape index (κ3) is 9.73. The van der Waals surface area contributed by atoms with Crippen LogP contribution in [0.25, 0.3) is 17.2 Å². The molecule has 3 N–H and O–H groups in total. The average Bonchev–Trinajstić information content (AvgIpc) is 3.73. The summed E-state index contributed by atoms with van der Waals surface area (Å²) in [6, 6.07) is 3.53. The summed E-state index contributed by atoms with van der Waals surface area (Å²) < 4.78 is 36.9. The van der Waals surface area contributed by atoms with Gasteiger partial charge < -0.3 is 39.1 Å². The molecule has 0 fully saturated rings. The number of carbonyl (C=O) groups excluding carboxylic acids is 2. The van der Waals surface area contributed by atoms with Crippen molar-refractivity contribution in [1.82, 2.24) is 39.4 Å². The minimum absolute atomic E-state index is 0.112. The van der Waals surface area contributed by atoms with E-state index >= 15 is 0 Å². The van der Waals surface area contributed by atoms with Crippen molar-refractivity contribution in [2.45, 2.75) is 39.3 Å². The van der Waals surface area contributed by atoms with Gasteiger partial charge in [-0.05, 0) is 42.7 Å². The number of aromatic amines is 1. The lowest BCUT2D eigenvalue weighted by Gasteiger charge is -2.19. The van der Waals surface area contributed by atoms with Gasteiger partial charge >= 0.3 is 11.7 Å². The van der Waals surface area contributed by atoms with Crippen LogP contribution in [-0.2, 0) is 32.2 Å². The Bertz CT molecular complexity index is 1920. The number of nitrogens with one attached hydrogen (secondary N) is 1. The fourth-order valence-electron chi connectivity index (χ4n) is 5.12. The van der Waals surface area contributed by atoms with Crippen LogP contribution in [0, 0.1) is 0 Å². The van der Waals surface area contributed by atoms with Gasteiger partial charge in [-0.3, -0.25) is 19.1 Å². The Balaban J connectivity index is 1.02. The van der Waals surface area contributed by atoms with Crippen LogP contribution in [0.15, 0.2) is 41.4 Å². The summed E-state index contributed by atoms with van der Waals surface area (Å²) in [5.41, 5.74) is 7.49. The topological polar surface area (TPSA) is 213 Å². The monoisotopic (exact) mass is 721 g/mol. The van der Waals surface area contributed by atoms with Crippen LogP contribution in [0.2, 0.25) is 0 Å². The van der Waals surface area contributed by atoms with Crippen molar-refractivity contribution in [3.63, 3.8) is 0 Å². The maximum absolute atomic E-state index is 12.7. The summed E-state index contributed by atoms with van der Waals surface area (Å²) in [6.45, 7) is 4.97. The molecule has 52 heavy (non-hydrogen) atoms. The van der Waals surface area contributed by atoms with Gasteiger partial charge in [0, 0.05) is 12.6 Å². The van der Waals surface area contributed by atoms with Gasteiger partial charge in [-0.2, -0.15) is 9.97 Å². The smallest absolute Gasteiger partial charge is 0.328 e. The summed E-state index contributed by atoms with van der Waals surface area (Å²) in [7, 11) is 3.01. The SMILES string of the molecule is CCCCOc1nc(N)c2[nH]c(=O)n(Cc3cn(CCOCCOCCOc4c(OC)cc(/C=C/C(=O)N5CCC=CC5=O)cc4OC)nn3)c2n1. The molecule has 0 atom stereocenters. The lowest BCUT2D eigenvalue weighted by molar-refractivity contribution is -0.139. The molecular formula is C34H43N9O9. The van der Waals surface area contributed by atoms with E-state index in [1.807, 2.05) is 6.92 Å². The molecule has 2 amide bonds. The zero-order chi connectivity index (χ0) is 36.9. The first-order valence-electron chi connectivity index (χ1n) is 16.8. The number of rotatable bonds is 20. The van der Waals surface area contributed by atoms with Gasteiger partial charge in [0.25, 0.3) is 11.8 Å². The maximum atomic E-state index is 12.7. The molecule has 0 radical (unpaired) electrons. The standard InChI is InChI=1S/C34H43N9O9/c1-4-5-13-52-33-37-31(35)29-32(38-33)43(34(46)36-29)22-24-21-41(40-39-24)12-14-49-15-16-50-17-18-51-30-25(47-2)19-23(20-26(30)48-3)9-10-28(45)42-11-7-6-8-27(42)44/h6,8-10,19-21H,4-5,7,11-18,22H2,1-3H3,(H,36,46)(H2,35,37,38)/b10-9+. The second kappa shape index (κ2) is 18.5. The summed E-state index contributed by atoms with van der Waals surface area (Å²) >= 11 is 0. The van der Waals surface area contributed by atoms with Crippen molar-refractivity contribution in [2.24, 2.45) is 0 Å². The molecule has 0 saturated carbocycles. The van der Waals surface area contributed by atoms with Crippen molar-refractivity contribution in [1.29, 1.82) is 0 Å². The van der Waals surface area contributed by atoms with Crippen LogP contribution in [0.1, 0.15) is 37.4 Å². The van der Waals surface area contributed by atoms with Crippen molar-refractivity contribution in [3.05, 3.63) is 58.3 Å². The Kier molecular flexibility index (Phi) is 13.3. The van der Waals surface area contributed by atoms with Crippen molar-refractivity contribution in [2.75, 3.05) is 66.1 Å². The third-order valence-electron chi connectivity index (χ3n) is 7.79. The number of amides is 2. The number of anilines is 1. The Labute approximate surface area is 299 Å². The van der Waals surface area contributed by atoms with Gasteiger partial charge in [-0.25, -0.2) is 9.48 Å². The highest BCUT2D eigenvalue weighted by atomic mass is 16.6. The zero-order valence-corrected chi connectivity index (χ0v) is 29.4. The largest absolute Gasteiger partial charge is 0.493 e. The molecule has 4 aromatic rings. The van der Waals surface area contributed by atoms with Crippen molar-refractivity contribution < 1.29 is 38.0 Å². The van der Waals surface area contributed by atoms with Crippen LogP contribution in [0.4, 0.5) is 5.82 Å². The van der Waals surface area contributed by atoms with Crippen LogP contribution in [-0.4, -0.2) is 112 Å².